The number of nitrogens with zero attached hydrogens (tertiary/aromatic N) is 1. The van der Waals surface area contributed by atoms with Gasteiger partial charge in [0.15, 0.2) is 0 Å². The molecule has 216 valence electrons. The molecule has 0 heterocycles. The summed E-state index contributed by atoms with van der Waals surface area (Å²) in [7, 11) is 0. The van der Waals surface area contributed by atoms with Crippen molar-refractivity contribution in [2.75, 3.05) is 10.2 Å². The van der Waals surface area contributed by atoms with E-state index in [1.165, 1.54) is 50.3 Å². The van der Waals surface area contributed by atoms with Crippen LogP contribution in [-0.4, -0.2) is 22.5 Å². The average molecular weight is 660 g/mol. The molecule has 0 aliphatic heterocycles. The molecule has 0 aliphatic rings. The lowest BCUT2D eigenvalue weighted by atomic mass is 9.93. The molecule has 0 radical (unpaired) electrons. The van der Waals surface area contributed by atoms with E-state index in [0.717, 1.165) is 55.1 Å². The van der Waals surface area contributed by atoms with Crippen molar-refractivity contribution >= 4 is 34.4 Å². The van der Waals surface area contributed by atoms with E-state index >= 15 is 0 Å². The molecule has 0 aromatic carbocycles. The smallest absolute Gasteiger partial charge is 0.185 e. The Balaban J connectivity index is 0. The molecule has 9 heteroatoms. The highest BCUT2D eigenvalue weighted by molar-refractivity contribution is 14.1. The van der Waals surface area contributed by atoms with Crippen LogP contribution in [0.2, 0.25) is 0 Å². The zero-order valence-corrected chi connectivity index (χ0v) is 25.3. The minimum absolute atomic E-state index is 0.221. The molecule has 0 saturated heterocycles. The molecule has 0 amide bonds. The third-order valence-electron chi connectivity index (χ3n) is 6.29. The highest BCUT2D eigenvalue weighted by Crippen LogP contribution is 2.28. The van der Waals surface area contributed by atoms with Gasteiger partial charge in [0.2, 0.25) is 0 Å². The predicted molar refractivity (Wildman–Crippen MR) is 151 cm³/mol. The van der Waals surface area contributed by atoms with E-state index in [1.807, 2.05) is 5.40 Å². The number of alkyl halides is 7. The second-order valence-electron chi connectivity index (χ2n) is 9.65. The summed E-state index contributed by atoms with van der Waals surface area (Å²) in [6.45, 7) is 4.32. The van der Waals surface area contributed by atoms with Crippen LogP contribution >= 0.6 is 34.4 Å². The van der Waals surface area contributed by atoms with E-state index < -0.39 is 25.2 Å². The summed E-state index contributed by atoms with van der Waals surface area (Å²) in [5, 5.41) is 10.5. The minimum Gasteiger partial charge on any atom is -0.185 e. The van der Waals surface area contributed by atoms with Crippen LogP contribution in [0.4, 0.5) is 26.3 Å². The van der Waals surface area contributed by atoms with E-state index in [1.54, 1.807) is 0 Å². The molecule has 0 N–H and O–H groups in total. The number of hydrogen-bond donors (Lipinski definition) is 0. The van der Waals surface area contributed by atoms with Crippen molar-refractivity contribution < 1.29 is 26.3 Å². The molecule has 0 rings (SSSR count). The third kappa shape index (κ3) is 32.2. The van der Waals surface area contributed by atoms with Crippen molar-refractivity contribution in [3.8, 4) is 5.40 Å². The highest BCUT2D eigenvalue weighted by atomic mass is 127. The van der Waals surface area contributed by atoms with Crippen molar-refractivity contribution in [2.24, 2.45) is 11.8 Å². The normalized spacial score (nSPS) is 13.6. The maximum atomic E-state index is 12.1. The fourth-order valence-electron chi connectivity index (χ4n) is 4.19. The van der Waals surface area contributed by atoms with Gasteiger partial charge in [-0.25, -0.2) is 0 Å². The molecule has 0 fully saturated rings. The van der Waals surface area contributed by atoms with Gasteiger partial charge in [0.25, 0.3) is 0 Å². The summed E-state index contributed by atoms with van der Waals surface area (Å²) in [6.07, 6.45) is 6.17. The summed E-state index contributed by atoms with van der Waals surface area (Å²) in [5.74, 6) is 1.59. The SMILES string of the molecule is CCCCCCC(CCCC(F)(F)F)CCSC#N.CCCCCCC(CCI)CCCC(F)(F)F. The number of unbranched alkanes of at least 4 members (excludes halogenated alkanes) is 6. The molecule has 36 heavy (non-hydrogen) atoms. The second-order valence-corrected chi connectivity index (χ2v) is 11.6. The molecule has 0 spiro atoms. The van der Waals surface area contributed by atoms with Gasteiger partial charge in [-0.15, -0.1) is 0 Å². The summed E-state index contributed by atoms with van der Waals surface area (Å²) in [5.41, 5.74) is 0. The molecular weight excluding hydrogens is 611 g/mol. The summed E-state index contributed by atoms with van der Waals surface area (Å²) in [4.78, 5) is 0. The predicted octanol–water partition coefficient (Wildman–Crippen LogP) is 12.0. The van der Waals surface area contributed by atoms with Gasteiger partial charge >= 0.3 is 12.4 Å². The Morgan fingerprint density at radius 1 is 0.639 bits per heavy atom. The van der Waals surface area contributed by atoms with Crippen LogP contribution in [-0.2, 0) is 0 Å². The molecule has 0 bridgehead atoms. The van der Waals surface area contributed by atoms with E-state index in [0.29, 0.717) is 24.7 Å². The topological polar surface area (TPSA) is 23.8 Å². The third-order valence-corrected chi connectivity index (χ3v) is 7.48. The van der Waals surface area contributed by atoms with Crippen LogP contribution < -0.4 is 0 Å². The van der Waals surface area contributed by atoms with Crippen molar-refractivity contribution in [2.45, 2.75) is 142 Å². The monoisotopic (exact) mass is 659 g/mol. The number of rotatable bonds is 21. The molecule has 2 atom stereocenters. The van der Waals surface area contributed by atoms with Crippen LogP contribution in [0.3, 0.4) is 0 Å². The van der Waals surface area contributed by atoms with Crippen molar-refractivity contribution in [1.82, 2.24) is 0 Å². The Bertz CT molecular complexity index is 508. The van der Waals surface area contributed by atoms with E-state index in [9.17, 15) is 26.3 Å². The van der Waals surface area contributed by atoms with Crippen LogP contribution in [0.1, 0.15) is 129 Å². The Morgan fingerprint density at radius 3 is 1.42 bits per heavy atom. The van der Waals surface area contributed by atoms with Crippen LogP contribution in [0.25, 0.3) is 0 Å². The lowest BCUT2D eigenvalue weighted by Gasteiger charge is -2.16. The quantitative estimate of drug-likeness (QED) is 0.0403. The Morgan fingerprint density at radius 2 is 1.06 bits per heavy atom. The van der Waals surface area contributed by atoms with Crippen molar-refractivity contribution in [1.29, 1.82) is 5.26 Å². The molecular formula is C27H48F6INS. The number of halogens is 7. The molecule has 0 aromatic heterocycles. The molecule has 0 aromatic rings. The van der Waals surface area contributed by atoms with Gasteiger partial charge in [-0.2, -0.15) is 31.6 Å². The lowest BCUT2D eigenvalue weighted by Crippen LogP contribution is -2.09. The Kier molecular flexibility index (Phi) is 27.1. The minimum atomic E-state index is -4.03. The van der Waals surface area contributed by atoms with Crippen LogP contribution in [0, 0.1) is 22.5 Å². The van der Waals surface area contributed by atoms with Crippen LogP contribution in [0.5, 0.6) is 0 Å². The Labute approximate surface area is 234 Å². The molecule has 0 saturated carbocycles. The van der Waals surface area contributed by atoms with Crippen molar-refractivity contribution in [3.63, 3.8) is 0 Å². The standard InChI is InChI=1S/C14H24F3NS.C13H24F3I/c1-2-3-4-5-7-13(9-11-19-12-18)8-6-10-14(15,16)17;1-2-3-4-5-7-12(9-11-17)8-6-10-13(14,15)16/h13H,2-11H2,1H3;12H,2-11H2,1H3. The first-order valence-corrected chi connectivity index (χ1v) is 16.2. The van der Waals surface area contributed by atoms with Gasteiger partial charge in [-0.05, 0) is 53.7 Å². The first kappa shape index (κ1) is 38.3. The zero-order chi connectivity index (χ0) is 27.7. The van der Waals surface area contributed by atoms with Crippen molar-refractivity contribution in [3.05, 3.63) is 0 Å². The van der Waals surface area contributed by atoms with Gasteiger partial charge in [0.1, 0.15) is 5.40 Å². The Hall–Kier alpha value is 0.150. The van der Waals surface area contributed by atoms with Gasteiger partial charge in [0, 0.05) is 18.6 Å². The fourth-order valence-corrected chi connectivity index (χ4v) is 5.62. The number of nitriles is 1. The second kappa shape index (κ2) is 25.4. The molecule has 2 unspecified atom stereocenters. The van der Waals surface area contributed by atoms with Gasteiger partial charge in [0.05, 0.1) is 0 Å². The summed E-state index contributed by atoms with van der Waals surface area (Å²) < 4.78 is 73.5. The van der Waals surface area contributed by atoms with E-state index in [2.05, 4.69) is 36.4 Å². The zero-order valence-electron chi connectivity index (χ0n) is 22.3. The maximum absolute atomic E-state index is 12.1. The number of thiocyanates is 1. The number of thioether (sulfide) groups is 1. The largest absolute Gasteiger partial charge is 0.389 e. The number of hydrogen-bond acceptors (Lipinski definition) is 2. The highest BCUT2D eigenvalue weighted by Gasteiger charge is 2.27. The van der Waals surface area contributed by atoms with E-state index in [4.69, 9.17) is 5.26 Å². The lowest BCUT2D eigenvalue weighted by molar-refractivity contribution is -0.137. The molecule has 0 aliphatic carbocycles. The summed E-state index contributed by atoms with van der Waals surface area (Å²) >= 11 is 3.52. The average Bonchev–Trinajstić information content (AvgIpc) is 2.78. The first-order valence-electron chi connectivity index (χ1n) is 13.7. The summed E-state index contributed by atoms with van der Waals surface area (Å²) in [6, 6.07) is 0. The van der Waals surface area contributed by atoms with Gasteiger partial charge in [-0.1, -0.05) is 113 Å². The molecule has 1 nitrogen and oxygen atoms in total. The van der Waals surface area contributed by atoms with Crippen LogP contribution in [0.15, 0.2) is 0 Å². The maximum Gasteiger partial charge on any atom is 0.389 e. The first-order chi connectivity index (χ1) is 17.0. The van der Waals surface area contributed by atoms with Gasteiger partial charge < -0.3 is 0 Å². The van der Waals surface area contributed by atoms with Gasteiger partial charge in [-0.3, -0.25) is 0 Å². The van der Waals surface area contributed by atoms with E-state index in [-0.39, 0.29) is 6.42 Å². The fraction of sp³-hybridized carbons (Fsp3) is 0.963.